The molecule has 0 saturated heterocycles. The van der Waals surface area contributed by atoms with E-state index in [0.717, 1.165) is 5.06 Å². The van der Waals surface area contributed by atoms with E-state index in [9.17, 15) is 9.59 Å². The molecule has 1 rings (SSSR count). The van der Waals surface area contributed by atoms with Crippen LogP contribution in [0.25, 0.3) is 0 Å². The van der Waals surface area contributed by atoms with Gasteiger partial charge >= 0.3 is 6.09 Å². The van der Waals surface area contributed by atoms with E-state index in [4.69, 9.17) is 16.4 Å². The van der Waals surface area contributed by atoms with Crippen molar-refractivity contribution in [1.82, 2.24) is 10.4 Å². The summed E-state index contributed by atoms with van der Waals surface area (Å²) in [5, 5.41) is 3.25. The number of carbonyl (C=O) groups is 2. The molecule has 0 aliphatic carbocycles. The molecule has 0 aliphatic heterocycles. The van der Waals surface area contributed by atoms with Gasteiger partial charge in [0.25, 0.3) is 5.91 Å². The number of hydrogen-bond donors (Lipinski definition) is 1. The fourth-order valence-electron chi connectivity index (χ4n) is 1.54. The number of rotatable bonds is 5. The molecular weight excluding hydrogens is 284 g/mol. The van der Waals surface area contributed by atoms with Gasteiger partial charge < -0.3 is 10.1 Å². The van der Waals surface area contributed by atoms with Crippen molar-refractivity contribution < 1.29 is 26.0 Å². The maximum Gasteiger partial charge on any atom is 0.408 e. The van der Waals surface area contributed by atoms with Crippen LogP contribution in [0.15, 0.2) is 30.2 Å². The Labute approximate surface area is 138 Å². The second-order valence-corrected chi connectivity index (χ2v) is 5.52. The van der Waals surface area contributed by atoms with Crippen LogP contribution in [0.3, 0.4) is 0 Å². The quantitative estimate of drug-likeness (QED) is 0.846. The van der Waals surface area contributed by atoms with Crippen LogP contribution in [-0.4, -0.2) is 42.9 Å². The first kappa shape index (κ1) is 11.5. The van der Waals surface area contributed by atoms with E-state index in [1.54, 1.807) is 20.8 Å². The summed E-state index contributed by atoms with van der Waals surface area (Å²) >= 11 is 0. The Morgan fingerprint density at radius 1 is 1.32 bits per heavy atom. The Balaban J connectivity index is 3.26. The minimum absolute atomic E-state index is 0.0973. The summed E-state index contributed by atoms with van der Waals surface area (Å²) in [5.41, 5.74) is -0.901. The molecule has 1 aromatic rings. The zero-order valence-corrected chi connectivity index (χ0v) is 13.4. The fourth-order valence-corrected chi connectivity index (χ4v) is 1.54. The van der Waals surface area contributed by atoms with Gasteiger partial charge in [0.05, 0.1) is 14.0 Å². The number of likely N-dealkylation sites (N-methyl/N-ethyl adjacent to an activating group) is 1. The highest BCUT2D eigenvalue weighted by Gasteiger charge is 2.27. The van der Waals surface area contributed by atoms with Gasteiger partial charge in [0.1, 0.15) is 11.6 Å². The van der Waals surface area contributed by atoms with Crippen molar-refractivity contribution in [3.63, 3.8) is 0 Å². The van der Waals surface area contributed by atoms with Gasteiger partial charge in [0.15, 0.2) is 0 Å². The average Bonchev–Trinajstić information content (AvgIpc) is 2.57. The lowest BCUT2D eigenvalue weighted by atomic mass is 10.1. The number of nitrogens with one attached hydrogen (secondary N) is 1. The Morgan fingerprint density at radius 2 is 1.91 bits per heavy atom. The van der Waals surface area contributed by atoms with Crippen molar-refractivity contribution in [2.24, 2.45) is 0 Å². The van der Waals surface area contributed by atoms with Crippen molar-refractivity contribution in [1.29, 1.82) is 0 Å². The molecule has 0 aliphatic rings. The molecule has 1 atom stereocenters. The Bertz CT molecular complexity index is 707. The molecule has 0 heterocycles. The van der Waals surface area contributed by atoms with Gasteiger partial charge in [-0.25, -0.2) is 9.86 Å². The molecule has 0 bridgehead atoms. The predicted molar refractivity (Wildman–Crippen MR) is 83.1 cm³/mol. The van der Waals surface area contributed by atoms with Crippen molar-refractivity contribution >= 4 is 12.0 Å². The van der Waals surface area contributed by atoms with E-state index in [2.05, 4.69) is 5.32 Å². The molecule has 0 aromatic heterocycles. The first-order chi connectivity index (χ1) is 12.3. The third kappa shape index (κ3) is 6.13. The number of hydrogen-bond acceptors (Lipinski definition) is 4. The van der Waals surface area contributed by atoms with Gasteiger partial charge in [-0.2, -0.15) is 0 Å². The summed E-state index contributed by atoms with van der Waals surface area (Å²) in [6.45, 7) is 4.96. The maximum absolute atomic E-state index is 12.5. The maximum atomic E-state index is 12.5. The van der Waals surface area contributed by atoms with Gasteiger partial charge in [0.2, 0.25) is 0 Å². The van der Waals surface area contributed by atoms with E-state index >= 15 is 0 Å². The third-order valence-corrected chi connectivity index (χ3v) is 2.53. The Morgan fingerprint density at radius 3 is 2.41 bits per heavy atom. The van der Waals surface area contributed by atoms with E-state index in [1.165, 1.54) is 14.2 Å². The van der Waals surface area contributed by atoms with Crippen LogP contribution in [0.2, 0.25) is 0 Å². The highest BCUT2D eigenvalue weighted by atomic mass is 16.7. The number of nitrogens with zero attached hydrogens (tertiary/aromatic N) is 1. The monoisotopic (exact) mass is 313 g/mol. The number of alkyl carbamates (subject to hydrolysis) is 1. The van der Waals surface area contributed by atoms with Crippen LogP contribution in [0.4, 0.5) is 4.79 Å². The third-order valence-electron chi connectivity index (χ3n) is 2.53. The molecule has 0 spiro atoms. The van der Waals surface area contributed by atoms with Gasteiger partial charge in [0, 0.05) is 13.5 Å². The molecule has 0 saturated carbocycles. The summed E-state index contributed by atoms with van der Waals surface area (Å²) in [6, 6.07) is -3.71. The summed E-state index contributed by atoms with van der Waals surface area (Å²) in [4.78, 5) is 29.4. The van der Waals surface area contributed by atoms with Crippen molar-refractivity contribution in [2.45, 2.75) is 38.8 Å². The second kappa shape index (κ2) is 7.79. The molecule has 2 amide bonds. The molecular formula is C16H24N2O4. The lowest BCUT2D eigenvalue weighted by molar-refractivity contribution is -0.171. The summed E-state index contributed by atoms with van der Waals surface area (Å²) in [5.74, 6) is -0.671. The van der Waals surface area contributed by atoms with Gasteiger partial charge in [-0.05, 0) is 26.3 Å². The molecule has 122 valence electrons. The number of hydroxylamine groups is 2. The summed E-state index contributed by atoms with van der Waals surface area (Å²) in [6.07, 6.45) is -1.21. The SMILES string of the molecule is [2H]c1c([2H])c([2H])c(C[C@@H](NC(=O)OC(C)(C)C)C(=O)N(C)OC)c([2H])c1[2H]. The van der Waals surface area contributed by atoms with Crippen LogP contribution in [0.1, 0.15) is 33.2 Å². The van der Waals surface area contributed by atoms with E-state index < -0.39 is 53.9 Å². The van der Waals surface area contributed by atoms with Crippen molar-refractivity contribution in [3.05, 3.63) is 35.8 Å². The van der Waals surface area contributed by atoms with E-state index in [-0.39, 0.29) is 12.0 Å². The average molecular weight is 313 g/mol. The van der Waals surface area contributed by atoms with Gasteiger partial charge in [-0.3, -0.25) is 9.63 Å². The zero-order valence-electron chi connectivity index (χ0n) is 18.4. The molecule has 0 fully saturated rings. The molecule has 6 heteroatoms. The first-order valence-corrected chi connectivity index (χ1v) is 6.67. The fraction of sp³-hybridized carbons (Fsp3) is 0.500. The highest BCUT2D eigenvalue weighted by molar-refractivity contribution is 5.85. The van der Waals surface area contributed by atoms with Crippen LogP contribution in [0.5, 0.6) is 0 Å². The molecule has 1 aromatic carbocycles. The first-order valence-electron chi connectivity index (χ1n) is 9.17. The Kier molecular flexibility index (Phi) is 4.07. The topological polar surface area (TPSA) is 67.9 Å². The minimum atomic E-state index is -1.26. The normalized spacial score (nSPS) is 15.6. The van der Waals surface area contributed by atoms with Crippen LogP contribution in [-0.2, 0) is 20.8 Å². The van der Waals surface area contributed by atoms with Crippen molar-refractivity contribution in [3.8, 4) is 0 Å². The van der Waals surface area contributed by atoms with Crippen LogP contribution < -0.4 is 5.32 Å². The van der Waals surface area contributed by atoms with E-state index in [0.29, 0.717) is 0 Å². The van der Waals surface area contributed by atoms with Crippen LogP contribution in [0, 0.1) is 0 Å². The number of carbonyl (C=O) groups excluding carboxylic acids is 2. The lowest BCUT2D eigenvalue weighted by Gasteiger charge is -2.25. The van der Waals surface area contributed by atoms with Gasteiger partial charge in [-0.15, -0.1) is 0 Å². The molecule has 0 unspecified atom stereocenters. The van der Waals surface area contributed by atoms with E-state index in [1.807, 2.05) is 0 Å². The van der Waals surface area contributed by atoms with Gasteiger partial charge in [-0.1, -0.05) is 30.2 Å². The largest absolute Gasteiger partial charge is 0.444 e. The molecule has 6 nitrogen and oxygen atoms in total. The minimum Gasteiger partial charge on any atom is -0.444 e. The van der Waals surface area contributed by atoms with Crippen molar-refractivity contribution in [2.75, 3.05) is 14.2 Å². The number of ether oxygens (including phenoxy) is 1. The standard InChI is InChI=1S/C16H24N2O4/c1-16(2,3)22-15(20)17-13(14(19)18(4)21-5)11-12-9-7-6-8-10-12/h6-10,13H,11H2,1-5H3,(H,17,20)/t13-/m1/s1/i6D,7D,8D,9D,10D. The summed E-state index contributed by atoms with van der Waals surface area (Å²) in [7, 11) is 2.58. The number of amides is 2. The predicted octanol–water partition coefficient (Wildman–Crippen LogP) is 2.14. The lowest BCUT2D eigenvalue weighted by Crippen LogP contribution is -2.49. The van der Waals surface area contributed by atoms with Crippen LogP contribution >= 0.6 is 0 Å². The molecule has 1 N–H and O–H groups in total. The molecule has 22 heavy (non-hydrogen) atoms. The molecule has 0 radical (unpaired) electrons. The number of benzene rings is 1. The summed E-state index contributed by atoms with van der Waals surface area (Å²) < 4.78 is 44.2. The highest BCUT2D eigenvalue weighted by Crippen LogP contribution is 2.09. The Hall–Kier alpha value is -2.08. The second-order valence-electron chi connectivity index (χ2n) is 5.52. The smallest absolute Gasteiger partial charge is 0.408 e. The zero-order chi connectivity index (χ0) is 21.1.